The molecule has 0 aromatic heterocycles. The second-order valence-electron chi connectivity index (χ2n) is 12.7. The van der Waals surface area contributed by atoms with Crippen molar-refractivity contribution >= 4 is 11.9 Å². The lowest BCUT2D eigenvalue weighted by molar-refractivity contribution is -0.150. The zero-order chi connectivity index (χ0) is 32.2. The van der Waals surface area contributed by atoms with Gasteiger partial charge in [-0.15, -0.1) is 0 Å². The molecule has 0 fully saturated rings. The van der Waals surface area contributed by atoms with E-state index < -0.39 is 5.97 Å². The number of allylic oxidation sites excluding steroid dienone is 6. The topological polar surface area (TPSA) is 63.6 Å². The molecule has 1 atom stereocenters. The summed E-state index contributed by atoms with van der Waals surface area (Å²) in [6, 6.07) is 0. The quantitative estimate of drug-likeness (QED) is 0.0444. The number of carbonyl (C=O) groups excluding carboxylic acids is 1. The fourth-order valence-corrected chi connectivity index (χ4v) is 5.61. The van der Waals surface area contributed by atoms with Crippen LogP contribution in [0, 0.1) is 0 Å². The summed E-state index contributed by atoms with van der Waals surface area (Å²) in [4.78, 5) is 23.3. The highest BCUT2D eigenvalue weighted by Gasteiger charge is 2.14. The average molecular weight is 617 g/mol. The van der Waals surface area contributed by atoms with Crippen molar-refractivity contribution in [1.29, 1.82) is 0 Å². The van der Waals surface area contributed by atoms with E-state index in [2.05, 4.69) is 50.3 Å². The van der Waals surface area contributed by atoms with Crippen LogP contribution in [0.25, 0.3) is 0 Å². The van der Waals surface area contributed by atoms with E-state index in [4.69, 9.17) is 9.84 Å². The molecule has 1 N–H and O–H groups in total. The van der Waals surface area contributed by atoms with Crippen LogP contribution in [-0.4, -0.2) is 23.1 Å². The lowest BCUT2D eigenvalue weighted by Crippen LogP contribution is -2.18. The maximum absolute atomic E-state index is 12.6. The molecular weight excluding hydrogens is 544 g/mol. The lowest BCUT2D eigenvalue weighted by Gasteiger charge is -2.18. The van der Waals surface area contributed by atoms with Crippen molar-refractivity contribution < 1.29 is 19.4 Å². The number of hydrogen-bond donors (Lipinski definition) is 1. The number of carboxylic acid groups (broad SMARTS) is 1. The molecule has 0 amide bonds. The zero-order valence-electron chi connectivity index (χ0n) is 29.2. The number of aliphatic carboxylic acids is 1. The first-order valence-electron chi connectivity index (χ1n) is 19.0. The first kappa shape index (κ1) is 42.2. The molecule has 256 valence electrons. The normalized spacial score (nSPS) is 12.6. The van der Waals surface area contributed by atoms with Crippen molar-refractivity contribution in [2.45, 2.75) is 206 Å². The van der Waals surface area contributed by atoms with Crippen molar-refractivity contribution in [3.63, 3.8) is 0 Å². The predicted molar refractivity (Wildman–Crippen MR) is 190 cm³/mol. The van der Waals surface area contributed by atoms with Crippen LogP contribution in [0.1, 0.15) is 200 Å². The molecule has 0 rings (SSSR count). The highest BCUT2D eigenvalue weighted by Crippen LogP contribution is 2.19. The minimum atomic E-state index is -0.702. The molecule has 0 aliphatic rings. The first-order chi connectivity index (χ1) is 21.6. The molecule has 0 heterocycles. The van der Waals surface area contributed by atoms with Gasteiger partial charge in [-0.3, -0.25) is 9.59 Å². The molecule has 0 aromatic carbocycles. The van der Waals surface area contributed by atoms with Crippen molar-refractivity contribution in [2.75, 3.05) is 0 Å². The van der Waals surface area contributed by atoms with Gasteiger partial charge in [0.1, 0.15) is 6.10 Å². The minimum absolute atomic E-state index is 0.0132. The van der Waals surface area contributed by atoms with Gasteiger partial charge in [-0.25, -0.2) is 0 Å². The van der Waals surface area contributed by atoms with Crippen LogP contribution in [0.2, 0.25) is 0 Å². The highest BCUT2D eigenvalue weighted by atomic mass is 16.5. The third kappa shape index (κ3) is 34.6. The summed E-state index contributed by atoms with van der Waals surface area (Å²) >= 11 is 0. The molecule has 4 nitrogen and oxygen atoms in total. The maximum atomic E-state index is 12.6. The number of ether oxygens (including phenoxy) is 1. The number of unbranched alkanes of at least 4 members (excludes halogenated alkanes) is 19. The Morgan fingerprint density at radius 1 is 0.523 bits per heavy atom. The van der Waals surface area contributed by atoms with Gasteiger partial charge < -0.3 is 9.84 Å². The Balaban J connectivity index is 4.07. The van der Waals surface area contributed by atoms with Gasteiger partial charge in [0.15, 0.2) is 0 Å². The molecule has 0 spiro atoms. The standard InChI is InChI=1S/C40H72O4/c1-3-5-7-9-11-13-15-16-17-18-20-22-24-29-33-37-40(43)44-38(35-31-27-25-28-32-36-39(41)42)34-30-26-23-21-19-14-12-10-8-6-4-2/h5,7,11,13,16-17,38H,3-4,6,8-10,12,14-15,18-37H2,1-2H3,(H,41,42)/b7-5-,13-11-,17-16-. The monoisotopic (exact) mass is 617 g/mol. The summed E-state index contributed by atoms with van der Waals surface area (Å²) in [7, 11) is 0. The van der Waals surface area contributed by atoms with Gasteiger partial charge in [0.05, 0.1) is 0 Å². The Labute approximate surface area is 273 Å². The molecule has 0 aliphatic carbocycles. The third-order valence-electron chi connectivity index (χ3n) is 8.38. The molecular formula is C40H72O4. The summed E-state index contributed by atoms with van der Waals surface area (Å²) < 4.78 is 5.99. The van der Waals surface area contributed by atoms with Gasteiger partial charge in [-0.1, -0.05) is 153 Å². The highest BCUT2D eigenvalue weighted by molar-refractivity contribution is 5.69. The Bertz CT molecular complexity index is 708. The van der Waals surface area contributed by atoms with Gasteiger partial charge >= 0.3 is 11.9 Å². The average Bonchev–Trinajstić information content (AvgIpc) is 3.00. The number of rotatable bonds is 34. The zero-order valence-corrected chi connectivity index (χ0v) is 29.2. The number of hydrogen-bond acceptors (Lipinski definition) is 3. The molecule has 0 saturated heterocycles. The summed E-state index contributed by atoms with van der Waals surface area (Å²) in [6.45, 7) is 4.43. The number of esters is 1. The summed E-state index contributed by atoms with van der Waals surface area (Å²) in [6.07, 6.45) is 45.8. The van der Waals surface area contributed by atoms with Crippen LogP contribution in [0.15, 0.2) is 36.5 Å². The van der Waals surface area contributed by atoms with E-state index in [0.29, 0.717) is 6.42 Å². The maximum Gasteiger partial charge on any atom is 0.306 e. The van der Waals surface area contributed by atoms with Crippen LogP contribution in [0.5, 0.6) is 0 Å². The Morgan fingerprint density at radius 3 is 1.48 bits per heavy atom. The number of carboxylic acids is 1. The molecule has 0 radical (unpaired) electrons. The van der Waals surface area contributed by atoms with Gasteiger partial charge in [-0.2, -0.15) is 0 Å². The van der Waals surface area contributed by atoms with Crippen molar-refractivity contribution in [3.05, 3.63) is 36.5 Å². The predicted octanol–water partition coefficient (Wildman–Crippen LogP) is 13.0. The molecule has 1 unspecified atom stereocenters. The van der Waals surface area contributed by atoms with E-state index >= 15 is 0 Å². The largest absolute Gasteiger partial charge is 0.481 e. The third-order valence-corrected chi connectivity index (χ3v) is 8.38. The molecule has 0 aromatic rings. The van der Waals surface area contributed by atoms with E-state index in [-0.39, 0.29) is 18.5 Å². The van der Waals surface area contributed by atoms with Crippen molar-refractivity contribution in [3.8, 4) is 0 Å². The first-order valence-corrected chi connectivity index (χ1v) is 19.0. The summed E-state index contributed by atoms with van der Waals surface area (Å²) in [5, 5.41) is 8.80. The van der Waals surface area contributed by atoms with Gasteiger partial charge in [0.25, 0.3) is 0 Å². The molecule has 0 saturated carbocycles. The molecule has 0 bridgehead atoms. The van der Waals surface area contributed by atoms with Gasteiger partial charge in [0, 0.05) is 12.8 Å². The molecule has 0 aliphatic heterocycles. The Kier molecular flexibility index (Phi) is 34.1. The van der Waals surface area contributed by atoms with Crippen LogP contribution < -0.4 is 0 Å². The summed E-state index contributed by atoms with van der Waals surface area (Å²) in [5.41, 5.74) is 0. The van der Waals surface area contributed by atoms with Gasteiger partial charge in [0.2, 0.25) is 0 Å². The molecule has 44 heavy (non-hydrogen) atoms. The Morgan fingerprint density at radius 2 is 0.955 bits per heavy atom. The lowest BCUT2D eigenvalue weighted by atomic mass is 10.0. The van der Waals surface area contributed by atoms with Gasteiger partial charge in [-0.05, 0) is 70.6 Å². The van der Waals surface area contributed by atoms with Crippen LogP contribution in [0.4, 0.5) is 0 Å². The SMILES string of the molecule is CC/C=C\C/C=C\C/C=C\CCCCCCCC(=O)OC(CCCCCCCCCCCCC)CCCCCCCC(=O)O. The van der Waals surface area contributed by atoms with E-state index in [1.807, 2.05) is 0 Å². The van der Waals surface area contributed by atoms with E-state index in [0.717, 1.165) is 89.9 Å². The van der Waals surface area contributed by atoms with E-state index in [1.54, 1.807) is 0 Å². The molecule has 4 heteroatoms. The second kappa shape index (κ2) is 35.6. The van der Waals surface area contributed by atoms with Crippen molar-refractivity contribution in [1.82, 2.24) is 0 Å². The summed E-state index contributed by atoms with van der Waals surface area (Å²) in [5.74, 6) is -0.716. The number of carbonyl (C=O) groups is 2. The smallest absolute Gasteiger partial charge is 0.306 e. The van der Waals surface area contributed by atoms with Crippen LogP contribution >= 0.6 is 0 Å². The van der Waals surface area contributed by atoms with Crippen LogP contribution in [-0.2, 0) is 14.3 Å². The minimum Gasteiger partial charge on any atom is -0.481 e. The Hall–Kier alpha value is -1.84. The fourth-order valence-electron chi connectivity index (χ4n) is 5.61. The fraction of sp³-hybridized carbons (Fsp3) is 0.800. The van der Waals surface area contributed by atoms with Crippen molar-refractivity contribution in [2.24, 2.45) is 0 Å². The van der Waals surface area contributed by atoms with Crippen LogP contribution in [0.3, 0.4) is 0 Å². The van der Waals surface area contributed by atoms with E-state index in [9.17, 15) is 9.59 Å². The second-order valence-corrected chi connectivity index (χ2v) is 12.7. The van der Waals surface area contributed by atoms with E-state index in [1.165, 1.54) is 83.5 Å².